The zero-order chi connectivity index (χ0) is 11.1. The van der Waals surface area contributed by atoms with E-state index in [1.807, 2.05) is 6.07 Å². The van der Waals surface area contributed by atoms with Crippen molar-refractivity contribution in [3.8, 4) is 0 Å². The Kier molecular flexibility index (Phi) is 2.59. The summed E-state index contributed by atoms with van der Waals surface area (Å²) in [5, 5.41) is 9.26. The van der Waals surface area contributed by atoms with Crippen molar-refractivity contribution >= 4 is 15.9 Å². The van der Waals surface area contributed by atoms with E-state index in [1.54, 1.807) is 18.2 Å². The largest absolute Gasteiger partial charge is 0.395 e. The fourth-order valence-corrected chi connectivity index (χ4v) is 2.56. The second-order valence-corrected chi connectivity index (χ2v) is 5.07. The molecule has 15 heavy (non-hydrogen) atoms. The molecule has 0 bridgehead atoms. The summed E-state index contributed by atoms with van der Waals surface area (Å²) in [6.45, 7) is -0.223. The molecule has 1 N–H and O–H groups in total. The third-order valence-electron chi connectivity index (χ3n) is 2.93. The van der Waals surface area contributed by atoms with Crippen molar-refractivity contribution < 1.29 is 13.9 Å². The third-order valence-corrected chi connectivity index (χ3v) is 3.43. The average Bonchev–Trinajstić information content (AvgIpc) is 2.13. The minimum absolute atomic E-state index is 0.223. The molecule has 1 aromatic carbocycles. The molecule has 1 fully saturated rings. The van der Waals surface area contributed by atoms with Crippen LogP contribution in [0.1, 0.15) is 18.4 Å². The lowest BCUT2D eigenvalue weighted by atomic mass is 9.62. The summed E-state index contributed by atoms with van der Waals surface area (Å²) in [7, 11) is 0. The lowest BCUT2D eigenvalue weighted by Gasteiger charge is -2.46. The Labute approximate surface area is 95.2 Å². The predicted octanol–water partition coefficient (Wildman–Crippen LogP) is 3.11. The van der Waals surface area contributed by atoms with E-state index in [0.29, 0.717) is 0 Å². The number of alkyl halides is 2. The predicted molar refractivity (Wildman–Crippen MR) is 57.1 cm³/mol. The number of hydrogen-bond acceptors (Lipinski definition) is 1. The van der Waals surface area contributed by atoms with E-state index in [1.165, 1.54) is 0 Å². The maximum Gasteiger partial charge on any atom is 0.250 e. The Morgan fingerprint density at radius 2 is 2.00 bits per heavy atom. The van der Waals surface area contributed by atoms with Crippen molar-refractivity contribution in [2.45, 2.75) is 24.2 Å². The highest BCUT2D eigenvalue weighted by Crippen LogP contribution is 2.53. The van der Waals surface area contributed by atoms with Crippen LogP contribution in [-0.4, -0.2) is 17.6 Å². The van der Waals surface area contributed by atoms with Gasteiger partial charge in [-0.25, -0.2) is 8.78 Å². The van der Waals surface area contributed by atoms with E-state index in [4.69, 9.17) is 0 Å². The summed E-state index contributed by atoms with van der Waals surface area (Å²) < 4.78 is 26.6. The number of benzene rings is 1. The summed E-state index contributed by atoms with van der Waals surface area (Å²) >= 11 is 3.30. The van der Waals surface area contributed by atoms with Crippen molar-refractivity contribution in [1.29, 1.82) is 0 Å². The molecule has 0 spiro atoms. The van der Waals surface area contributed by atoms with E-state index < -0.39 is 11.3 Å². The van der Waals surface area contributed by atoms with Crippen molar-refractivity contribution in [1.82, 2.24) is 0 Å². The van der Waals surface area contributed by atoms with Gasteiger partial charge in [-0.1, -0.05) is 28.1 Å². The van der Waals surface area contributed by atoms with Gasteiger partial charge < -0.3 is 5.11 Å². The van der Waals surface area contributed by atoms with Crippen molar-refractivity contribution in [2.75, 3.05) is 6.61 Å². The first-order valence-electron chi connectivity index (χ1n) is 4.72. The molecule has 0 amide bonds. The van der Waals surface area contributed by atoms with Crippen LogP contribution in [0.5, 0.6) is 0 Å². The number of hydrogen-bond donors (Lipinski definition) is 1. The third kappa shape index (κ3) is 1.93. The van der Waals surface area contributed by atoms with Crippen LogP contribution in [0.15, 0.2) is 28.7 Å². The van der Waals surface area contributed by atoms with Crippen molar-refractivity contribution in [2.24, 2.45) is 0 Å². The fourth-order valence-electron chi connectivity index (χ4n) is 2.16. The molecule has 82 valence electrons. The zero-order valence-electron chi connectivity index (χ0n) is 8.01. The number of aliphatic hydroxyl groups is 1. The molecule has 0 unspecified atom stereocenters. The smallest absolute Gasteiger partial charge is 0.250 e. The van der Waals surface area contributed by atoms with Gasteiger partial charge in [0.1, 0.15) is 0 Å². The van der Waals surface area contributed by atoms with E-state index in [-0.39, 0.29) is 19.4 Å². The topological polar surface area (TPSA) is 20.2 Å². The maximum absolute atomic E-state index is 12.9. The molecule has 0 aliphatic heterocycles. The first-order chi connectivity index (χ1) is 6.97. The van der Waals surface area contributed by atoms with Gasteiger partial charge in [0.05, 0.1) is 6.61 Å². The molecule has 4 heteroatoms. The molecule has 0 atom stereocenters. The number of aliphatic hydroxyl groups excluding tert-OH is 1. The van der Waals surface area contributed by atoms with Gasteiger partial charge in [0.25, 0.3) is 0 Å². The van der Waals surface area contributed by atoms with Crippen LogP contribution < -0.4 is 0 Å². The molecule has 1 aliphatic rings. The molecular formula is C11H11BrF2O. The van der Waals surface area contributed by atoms with E-state index >= 15 is 0 Å². The normalized spacial score (nSPS) is 22.1. The molecule has 1 saturated carbocycles. The van der Waals surface area contributed by atoms with Gasteiger partial charge in [0.2, 0.25) is 5.92 Å². The quantitative estimate of drug-likeness (QED) is 0.880. The van der Waals surface area contributed by atoms with Gasteiger partial charge in [-0.3, -0.25) is 0 Å². The minimum atomic E-state index is -2.62. The van der Waals surface area contributed by atoms with E-state index in [0.717, 1.165) is 10.0 Å². The van der Waals surface area contributed by atoms with Crippen molar-refractivity contribution in [3.63, 3.8) is 0 Å². The molecule has 0 radical (unpaired) electrons. The molecule has 0 saturated heterocycles. The van der Waals surface area contributed by atoms with Gasteiger partial charge in [0.15, 0.2) is 0 Å². The fraction of sp³-hybridized carbons (Fsp3) is 0.455. The van der Waals surface area contributed by atoms with Crippen LogP contribution in [-0.2, 0) is 5.41 Å². The highest BCUT2D eigenvalue weighted by Gasteiger charge is 2.56. The number of rotatable bonds is 2. The Hall–Kier alpha value is -0.480. The van der Waals surface area contributed by atoms with E-state index in [2.05, 4.69) is 15.9 Å². The summed E-state index contributed by atoms with van der Waals surface area (Å²) in [4.78, 5) is 0. The van der Waals surface area contributed by atoms with Crippen molar-refractivity contribution in [3.05, 3.63) is 34.3 Å². The summed E-state index contributed by atoms with van der Waals surface area (Å²) in [6, 6.07) is 7.22. The summed E-state index contributed by atoms with van der Waals surface area (Å²) in [6.07, 6.45) is -0.514. The Bertz CT molecular complexity index is 371. The summed E-state index contributed by atoms with van der Waals surface area (Å²) in [5.74, 6) is -2.62. The summed E-state index contributed by atoms with van der Waals surface area (Å²) in [5.41, 5.74) is 0.0399. The Balaban J connectivity index is 2.29. The monoisotopic (exact) mass is 276 g/mol. The van der Waals surface area contributed by atoms with Crippen LogP contribution in [0.2, 0.25) is 0 Å². The van der Waals surface area contributed by atoms with Gasteiger partial charge in [-0.15, -0.1) is 0 Å². The minimum Gasteiger partial charge on any atom is -0.395 e. The zero-order valence-corrected chi connectivity index (χ0v) is 9.60. The molecule has 1 nitrogen and oxygen atoms in total. The van der Waals surface area contributed by atoms with Gasteiger partial charge in [-0.05, 0) is 17.7 Å². The molecule has 2 rings (SSSR count). The van der Waals surface area contributed by atoms with Gasteiger partial charge in [-0.2, -0.15) is 0 Å². The first kappa shape index (κ1) is 11.0. The number of halogens is 3. The van der Waals surface area contributed by atoms with Gasteiger partial charge in [0, 0.05) is 22.7 Å². The highest BCUT2D eigenvalue weighted by molar-refractivity contribution is 9.10. The standard InChI is InChI=1S/C11H11BrF2O/c12-9-3-1-2-8(4-9)10(7-15)5-11(13,14)6-10/h1-4,15H,5-7H2. The highest BCUT2D eigenvalue weighted by atomic mass is 79.9. The Morgan fingerprint density at radius 1 is 1.33 bits per heavy atom. The Morgan fingerprint density at radius 3 is 2.47 bits per heavy atom. The first-order valence-corrected chi connectivity index (χ1v) is 5.52. The van der Waals surface area contributed by atoms with Crippen LogP contribution in [0.4, 0.5) is 8.78 Å². The van der Waals surface area contributed by atoms with Crippen LogP contribution in [0.25, 0.3) is 0 Å². The molecule has 1 aromatic rings. The second-order valence-electron chi connectivity index (χ2n) is 4.16. The van der Waals surface area contributed by atoms with Gasteiger partial charge >= 0.3 is 0 Å². The lowest BCUT2D eigenvalue weighted by molar-refractivity contribution is -0.139. The average molecular weight is 277 g/mol. The van der Waals surface area contributed by atoms with Crippen LogP contribution in [0.3, 0.4) is 0 Å². The lowest BCUT2D eigenvalue weighted by Crippen LogP contribution is -2.51. The van der Waals surface area contributed by atoms with Crippen LogP contribution >= 0.6 is 15.9 Å². The SMILES string of the molecule is OCC1(c2cccc(Br)c2)CC(F)(F)C1. The second kappa shape index (κ2) is 3.52. The maximum atomic E-state index is 12.9. The molecule has 0 aromatic heterocycles. The van der Waals surface area contributed by atoms with E-state index in [9.17, 15) is 13.9 Å². The van der Waals surface area contributed by atoms with Crippen LogP contribution in [0, 0.1) is 0 Å². The molecule has 1 aliphatic carbocycles. The molecule has 0 heterocycles. The molecular weight excluding hydrogens is 266 g/mol.